The van der Waals surface area contributed by atoms with Gasteiger partial charge in [-0.3, -0.25) is 9.59 Å². The molecule has 1 fully saturated rings. The topological polar surface area (TPSA) is 98.8 Å². The van der Waals surface area contributed by atoms with Gasteiger partial charge >= 0.3 is 0 Å². The first-order valence-electron chi connectivity index (χ1n) is 11.0. The van der Waals surface area contributed by atoms with Crippen LogP contribution in [0, 0.1) is 0 Å². The molecule has 0 unspecified atom stereocenters. The molecule has 2 heterocycles. The molecule has 33 heavy (non-hydrogen) atoms. The monoisotopic (exact) mass is 490 g/mol. The molecule has 2 aromatic carbocycles. The number of amides is 2. The van der Waals surface area contributed by atoms with Crippen molar-refractivity contribution in [1.29, 1.82) is 0 Å². The summed E-state index contributed by atoms with van der Waals surface area (Å²) in [6, 6.07) is 12.3. The number of aryl methyl sites for hydroxylation is 1. The average Bonchev–Trinajstić information content (AvgIpc) is 2.99. The van der Waals surface area contributed by atoms with Crippen molar-refractivity contribution in [2.75, 3.05) is 42.9 Å². The molecule has 0 radical (unpaired) electrons. The van der Waals surface area contributed by atoms with Crippen molar-refractivity contribution in [3.8, 4) is 0 Å². The standard InChI is InChI=1S/C23H27ClN4O4S/c24-18-4-2-5-19(16-18)27-11-13-28(14-12-27)23(30)9-10-25-33(31,32)20-7-8-21-17(15-20)3-1-6-22(29)26-21/h2,4-5,7-8,15-16,25H,1,3,6,9-14H2,(H,26,29). The number of fused-ring (bicyclic) bond motifs is 1. The maximum atomic E-state index is 12.7. The van der Waals surface area contributed by atoms with Crippen LogP contribution in [0.3, 0.4) is 0 Å². The van der Waals surface area contributed by atoms with Crippen LogP contribution in [0.5, 0.6) is 0 Å². The van der Waals surface area contributed by atoms with Gasteiger partial charge in [0.05, 0.1) is 4.90 Å². The fourth-order valence-electron chi connectivity index (χ4n) is 4.14. The molecular formula is C23H27ClN4O4S. The number of piperazine rings is 1. The van der Waals surface area contributed by atoms with Crippen LogP contribution in [-0.2, 0) is 26.0 Å². The van der Waals surface area contributed by atoms with Gasteiger partial charge in [-0.1, -0.05) is 17.7 Å². The van der Waals surface area contributed by atoms with Crippen molar-refractivity contribution in [3.05, 3.63) is 53.1 Å². The van der Waals surface area contributed by atoms with E-state index in [0.717, 1.165) is 11.3 Å². The molecule has 176 valence electrons. The third-order valence-electron chi connectivity index (χ3n) is 5.95. The highest BCUT2D eigenvalue weighted by molar-refractivity contribution is 7.89. The maximum absolute atomic E-state index is 12.7. The summed E-state index contributed by atoms with van der Waals surface area (Å²) in [5.41, 5.74) is 2.49. The number of rotatable bonds is 6. The zero-order valence-electron chi connectivity index (χ0n) is 18.2. The first kappa shape index (κ1) is 23.5. The summed E-state index contributed by atoms with van der Waals surface area (Å²) >= 11 is 6.07. The second kappa shape index (κ2) is 10.1. The smallest absolute Gasteiger partial charge is 0.240 e. The van der Waals surface area contributed by atoms with Crippen LogP contribution in [0.25, 0.3) is 0 Å². The number of anilines is 2. The highest BCUT2D eigenvalue weighted by atomic mass is 35.5. The molecule has 0 aromatic heterocycles. The molecule has 2 aliphatic rings. The summed E-state index contributed by atoms with van der Waals surface area (Å²) in [6.45, 7) is 2.58. The van der Waals surface area contributed by atoms with Crippen LogP contribution in [0.2, 0.25) is 5.02 Å². The van der Waals surface area contributed by atoms with E-state index < -0.39 is 10.0 Å². The Labute approximate surface area is 198 Å². The number of sulfonamides is 1. The Morgan fingerprint density at radius 1 is 1.06 bits per heavy atom. The van der Waals surface area contributed by atoms with E-state index in [-0.39, 0.29) is 29.7 Å². The Morgan fingerprint density at radius 2 is 1.85 bits per heavy atom. The summed E-state index contributed by atoms with van der Waals surface area (Å²) in [6.07, 6.45) is 1.83. The van der Waals surface area contributed by atoms with Gasteiger partial charge < -0.3 is 15.1 Å². The Hall–Kier alpha value is -2.62. The summed E-state index contributed by atoms with van der Waals surface area (Å²) in [4.78, 5) is 28.4. The molecule has 1 saturated heterocycles. The van der Waals surface area contributed by atoms with Gasteiger partial charge in [0.15, 0.2) is 0 Å². The van der Waals surface area contributed by atoms with Gasteiger partial charge in [-0.05, 0) is 54.8 Å². The Morgan fingerprint density at radius 3 is 2.61 bits per heavy atom. The maximum Gasteiger partial charge on any atom is 0.240 e. The van der Waals surface area contributed by atoms with Crippen molar-refractivity contribution >= 4 is 44.8 Å². The van der Waals surface area contributed by atoms with Gasteiger partial charge in [0.2, 0.25) is 21.8 Å². The fourth-order valence-corrected chi connectivity index (χ4v) is 5.41. The summed E-state index contributed by atoms with van der Waals surface area (Å²) < 4.78 is 28.0. The number of halogens is 1. The number of carbonyl (C=O) groups is 2. The minimum Gasteiger partial charge on any atom is -0.368 e. The molecule has 2 amide bonds. The van der Waals surface area contributed by atoms with Gasteiger partial charge in [-0.15, -0.1) is 0 Å². The normalized spacial score (nSPS) is 16.7. The minimum atomic E-state index is -3.75. The van der Waals surface area contributed by atoms with Crippen molar-refractivity contribution in [1.82, 2.24) is 9.62 Å². The highest BCUT2D eigenvalue weighted by Gasteiger charge is 2.23. The lowest BCUT2D eigenvalue weighted by Gasteiger charge is -2.36. The van der Waals surface area contributed by atoms with E-state index in [1.165, 1.54) is 6.07 Å². The molecule has 8 nitrogen and oxygen atoms in total. The van der Waals surface area contributed by atoms with E-state index in [9.17, 15) is 18.0 Å². The predicted molar refractivity (Wildman–Crippen MR) is 128 cm³/mol. The molecule has 2 aliphatic heterocycles. The third-order valence-corrected chi connectivity index (χ3v) is 7.64. The lowest BCUT2D eigenvalue weighted by Crippen LogP contribution is -2.49. The van der Waals surface area contributed by atoms with E-state index in [0.29, 0.717) is 56.2 Å². The third kappa shape index (κ3) is 5.85. The van der Waals surface area contributed by atoms with E-state index in [2.05, 4.69) is 14.9 Å². The van der Waals surface area contributed by atoms with Gasteiger partial charge in [-0.2, -0.15) is 0 Å². The molecule has 0 saturated carbocycles. The van der Waals surface area contributed by atoms with E-state index in [4.69, 9.17) is 11.6 Å². The van der Waals surface area contributed by atoms with Crippen LogP contribution < -0.4 is 14.9 Å². The number of benzene rings is 2. The quantitative estimate of drug-likeness (QED) is 0.648. The van der Waals surface area contributed by atoms with Gasteiger partial charge in [-0.25, -0.2) is 13.1 Å². The molecule has 0 aliphatic carbocycles. The lowest BCUT2D eigenvalue weighted by molar-refractivity contribution is -0.131. The molecule has 4 rings (SSSR count). The molecule has 2 aromatic rings. The first-order chi connectivity index (χ1) is 15.8. The summed E-state index contributed by atoms with van der Waals surface area (Å²) in [5.74, 6) is -0.137. The van der Waals surface area contributed by atoms with Crippen LogP contribution in [0.15, 0.2) is 47.4 Å². The second-order valence-electron chi connectivity index (χ2n) is 8.22. The first-order valence-corrected chi connectivity index (χ1v) is 12.9. The van der Waals surface area contributed by atoms with Crippen LogP contribution in [0.4, 0.5) is 11.4 Å². The summed E-state index contributed by atoms with van der Waals surface area (Å²) in [5, 5.41) is 3.48. The van der Waals surface area contributed by atoms with Crippen molar-refractivity contribution in [3.63, 3.8) is 0 Å². The van der Waals surface area contributed by atoms with Crippen molar-refractivity contribution < 1.29 is 18.0 Å². The SMILES string of the molecule is O=C1CCCc2cc(S(=O)(=O)NCCC(=O)N3CCN(c4cccc(Cl)c4)CC3)ccc2N1. The fraction of sp³-hybridized carbons (Fsp3) is 0.391. The van der Waals surface area contributed by atoms with Gasteiger partial charge in [0.25, 0.3) is 0 Å². The van der Waals surface area contributed by atoms with E-state index in [1.807, 2.05) is 24.3 Å². The van der Waals surface area contributed by atoms with Crippen molar-refractivity contribution in [2.45, 2.75) is 30.6 Å². The van der Waals surface area contributed by atoms with Crippen LogP contribution in [-0.4, -0.2) is 57.9 Å². The number of nitrogens with zero attached hydrogens (tertiary/aromatic N) is 2. The number of hydrogen-bond acceptors (Lipinski definition) is 5. The predicted octanol–water partition coefficient (Wildman–Crippen LogP) is 2.63. The highest BCUT2D eigenvalue weighted by Crippen LogP contribution is 2.25. The Kier molecular flexibility index (Phi) is 7.21. The second-order valence-corrected chi connectivity index (χ2v) is 10.4. The van der Waals surface area contributed by atoms with E-state index in [1.54, 1.807) is 17.0 Å². The lowest BCUT2D eigenvalue weighted by atomic mass is 10.1. The van der Waals surface area contributed by atoms with Crippen molar-refractivity contribution in [2.24, 2.45) is 0 Å². The molecular weight excluding hydrogens is 464 g/mol. The zero-order valence-corrected chi connectivity index (χ0v) is 19.8. The summed E-state index contributed by atoms with van der Waals surface area (Å²) in [7, 11) is -3.75. The van der Waals surface area contributed by atoms with Gasteiger partial charge in [0, 0.05) is 62.0 Å². The van der Waals surface area contributed by atoms with Crippen LogP contribution in [0.1, 0.15) is 24.8 Å². The van der Waals surface area contributed by atoms with Gasteiger partial charge in [0.1, 0.15) is 0 Å². The minimum absolute atomic E-state index is 0.0312. The Balaban J connectivity index is 1.28. The largest absolute Gasteiger partial charge is 0.368 e. The zero-order chi connectivity index (χ0) is 23.4. The molecule has 0 bridgehead atoms. The Bertz CT molecular complexity index is 1150. The number of nitrogens with one attached hydrogen (secondary N) is 2. The number of carbonyl (C=O) groups excluding carboxylic acids is 2. The molecule has 10 heteroatoms. The number of hydrogen-bond donors (Lipinski definition) is 2. The molecule has 2 N–H and O–H groups in total. The molecule has 0 spiro atoms. The average molecular weight is 491 g/mol. The molecule has 0 atom stereocenters. The van der Waals surface area contributed by atoms with E-state index >= 15 is 0 Å². The van der Waals surface area contributed by atoms with Crippen LogP contribution >= 0.6 is 11.6 Å².